The molecule has 0 bridgehead atoms. The minimum Gasteiger partial charge on any atom is -0.495 e. The Balaban J connectivity index is 1.68. The van der Waals surface area contributed by atoms with Gasteiger partial charge in [-0.05, 0) is 49.2 Å². The molecular formula is C20H19F5N2O4S. The van der Waals surface area contributed by atoms with E-state index in [1.54, 1.807) is 0 Å². The van der Waals surface area contributed by atoms with Crippen LogP contribution in [0.3, 0.4) is 0 Å². The minimum atomic E-state index is -4.91. The third-order valence-corrected chi connectivity index (χ3v) is 7.03. The predicted molar refractivity (Wildman–Crippen MR) is 104 cm³/mol. The Kier molecular flexibility index (Phi) is 6.75. The number of rotatable bonds is 5. The predicted octanol–water partition coefficient (Wildman–Crippen LogP) is 4.03. The van der Waals surface area contributed by atoms with Gasteiger partial charge in [-0.2, -0.15) is 17.5 Å². The molecule has 0 saturated carbocycles. The Bertz CT molecular complexity index is 1110. The Morgan fingerprint density at radius 3 is 2.34 bits per heavy atom. The molecule has 0 atom stereocenters. The SMILES string of the molecule is COc1ccc(F)cc1S(=O)(=O)N1CCC(C(=O)Nc2ccc(F)c(C(F)(F)F)c2)CC1. The summed E-state index contributed by atoms with van der Waals surface area (Å²) in [6.07, 6.45) is -4.73. The van der Waals surface area contributed by atoms with Gasteiger partial charge in [0.2, 0.25) is 15.9 Å². The highest BCUT2D eigenvalue weighted by molar-refractivity contribution is 7.89. The summed E-state index contributed by atoms with van der Waals surface area (Å²) < 4.78 is 97.4. The van der Waals surface area contributed by atoms with Gasteiger partial charge < -0.3 is 10.1 Å². The van der Waals surface area contributed by atoms with Crippen molar-refractivity contribution in [2.45, 2.75) is 23.9 Å². The summed E-state index contributed by atoms with van der Waals surface area (Å²) >= 11 is 0. The Labute approximate surface area is 181 Å². The van der Waals surface area contributed by atoms with Crippen molar-refractivity contribution < 1.29 is 39.9 Å². The molecule has 6 nitrogen and oxygen atoms in total. The van der Waals surface area contributed by atoms with Crippen LogP contribution in [0.25, 0.3) is 0 Å². The van der Waals surface area contributed by atoms with Crippen LogP contribution in [0.15, 0.2) is 41.3 Å². The quantitative estimate of drug-likeness (QED) is 0.659. The van der Waals surface area contributed by atoms with Gasteiger partial charge in [-0.15, -0.1) is 0 Å². The molecule has 32 heavy (non-hydrogen) atoms. The van der Waals surface area contributed by atoms with Crippen molar-refractivity contribution in [2.75, 3.05) is 25.5 Å². The Morgan fingerprint density at radius 1 is 1.09 bits per heavy atom. The summed E-state index contributed by atoms with van der Waals surface area (Å²) in [7, 11) is -2.84. The molecule has 1 saturated heterocycles. The number of nitrogens with one attached hydrogen (secondary N) is 1. The molecule has 1 heterocycles. The van der Waals surface area contributed by atoms with Crippen LogP contribution in [0.5, 0.6) is 5.75 Å². The smallest absolute Gasteiger partial charge is 0.419 e. The molecule has 0 aliphatic carbocycles. The molecule has 1 N–H and O–H groups in total. The monoisotopic (exact) mass is 478 g/mol. The van der Waals surface area contributed by atoms with Gasteiger partial charge in [0, 0.05) is 24.7 Å². The summed E-state index contributed by atoms with van der Waals surface area (Å²) in [6, 6.07) is 5.23. The molecule has 1 amide bonds. The van der Waals surface area contributed by atoms with Crippen LogP contribution in [-0.2, 0) is 21.0 Å². The highest BCUT2D eigenvalue weighted by Crippen LogP contribution is 2.34. The van der Waals surface area contributed by atoms with E-state index < -0.39 is 45.2 Å². The van der Waals surface area contributed by atoms with Gasteiger partial charge in [-0.1, -0.05) is 0 Å². The van der Waals surface area contributed by atoms with Crippen LogP contribution in [0.4, 0.5) is 27.6 Å². The van der Waals surface area contributed by atoms with Crippen molar-refractivity contribution in [1.29, 1.82) is 0 Å². The van der Waals surface area contributed by atoms with Gasteiger partial charge in [0.1, 0.15) is 22.3 Å². The molecule has 12 heteroatoms. The first-order chi connectivity index (χ1) is 14.9. The lowest BCUT2D eigenvalue weighted by atomic mass is 9.97. The van der Waals surface area contributed by atoms with E-state index in [0.29, 0.717) is 12.1 Å². The summed E-state index contributed by atoms with van der Waals surface area (Å²) in [4.78, 5) is 12.1. The standard InChI is InChI=1S/C20H19F5N2O4S/c1-31-17-5-2-13(21)10-18(17)32(29,30)27-8-6-12(7-9-27)19(28)26-14-3-4-16(22)15(11-14)20(23,24)25/h2-5,10-12H,6-9H2,1H3,(H,26,28). The van der Waals surface area contributed by atoms with Crippen LogP contribution in [0.1, 0.15) is 18.4 Å². The maximum atomic E-state index is 13.6. The Hall–Kier alpha value is -2.73. The summed E-state index contributed by atoms with van der Waals surface area (Å²) in [5, 5.41) is 2.32. The molecular weight excluding hydrogens is 459 g/mol. The lowest BCUT2D eigenvalue weighted by molar-refractivity contribution is -0.140. The van der Waals surface area contributed by atoms with Gasteiger partial charge >= 0.3 is 6.18 Å². The van der Waals surface area contributed by atoms with E-state index in [2.05, 4.69) is 5.32 Å². The van der Waals surface area contributed by atoms with Crippen molar-refractivity contribution in [2.24, 2.45) is 5.92 Å². The van der Waals surface area contributed by atoms with E-state index in [1.165, 1.54) is 13.2 Å². The van der Waals surface area contributed by atoms with Gasteiger partial charge in [0.15, 0.2) is 0 Å². The molecule has 2 aromatic rings. The van der Waals surface area contributed by atoms with E-state index in [0.717, 1.165) is 22.5 Å². The first-order valence-electron chi connectivity index (χ1n) is 9.45. The second-order valence-corrected chi connectivity index (χ2v) is 9.06. The number of hydrogen-bond donors (Lipinski definition) is 1. The summed E-state index contributed by atoms with van der Waals surface area (Å²) in [5.74, 6) is -3.51. The fourth-order valence-corrected chi connectivity index (χ4v) is 5.05. The number of benzene rings is 2. The third kappa shape index (κ3) is 5.01. The maximum absolute atomic E-state index is 13.6. The van der Waals surface area contributed by atoms with Crippen molar-refractivity contribution >= 4 is 21.6 Å². The van der Waals surface area contributed by atoms with Crippen LogP contribution >= 0.6 is 0 Å². The number of ether oxygens (including phenoxy) is 1. The molecule has 1 aliphatic rings. The summed E-state index contributed by atoms with van der Waals surface area (Å²) in [5.41, 5.74) is -1.72. The average Bonchev–Trinajstić information content (AvgIpc) is 2.74. The number of methoxy groups -OCH3 is 1. The zero-order chi connectivity index (χ0) is 23.7. The fourth-order valence-electron chi connectivity index (χ4n) is 3.41. The molecule has 0 aromatic heterocycles. The third-order valence-electron chi connectivity index (χ3n) is 5.11. The fraction of sp³-hybridized carbons (Fsp3) is 0.350. The van der Waals surface area contributed by atoms with Crippen LogP contribution < -0.4 is 10.1 Å². The molecule has 0 unspecified atom stereocenters. The maximum Gasteiger partial charge on any atom is 0.419 e. The van der Waals surface area contributed by atoms with E-state index in [4.69, 9.17) is 4.74 Å². The molecule has 2 aromatic carbocycles. The van der Waals surface area contributed by atoms with Gasteiger partial charge in [0.05, 0.1) is 12.7 Å². The minimum absolute atomic E-state index is 0.0250. The molecule has 1 aliphatic heterocycles. The number of amides is 1. The number of carbonyl (C=O) groups is 1. The first-order valence-corrected chi connectivity index (χ1v) is 10.9. The number of nitrogens with zero attached hydrogens (tertiary/aromatic N) is 1. The van der Waals surface area contributed by atoms with E-state index in [1.807, 2.05) is 0 Å². The molecule has 3 rings (SSSR count). The average molecular weight is 478 g/mol. The highest BCUT2D eigenvalue weighted by atomic mass is 32.2. The van der Waals surface area contributed by atoms with Crippen molar-refractivity contribution in [1.82, 2.24) is 4.31 Å². The first kappa shape index (κ1) is 23.9. The van der Waals surface area contributed by atoms with Crippen LogP contribution in [0.2, 0.25) is 0 Å². The second-order valence-electron chi connectivity index (χ2n) is 7.16. The normalized spacial score (nSPS) is 16.1. The highest BCUT2D eigenvalue weighted by Gasteiger charge is 2.36. The molecule has 174 valence electrons. The number of sulfonamides is 1. The van der Waals surface area contributed by atoms with Crippen LogP contribution in [0, 0.1) is 17.6 Å². The molecule has 0 radical (unpaired) electrons. The number of halogens is 5. The number of hydrogen-bond acceptors (Lipinski definition) is 4. The van der Waals surface area contributed by atoms with Crippen LogP contribution in [-0.4, -0.2) is 38.8 Å². The van der Waals surface area contributed by atoms with E-state index >= 15 is 0 Å². The number of carbonyl (C=O) groups excluding carboxylic acids is 1. The second kappa shape index (κ2) is 9.02. The van der Waals surface area contributed by atoms with Gasteiger partial charge in [-0.25, -0.2) is 17.2 Å². The lowest BCUT2D eigenvalue weighted by Crippen LogP contribution is -2.41. The van der Waals surface area contributed by atoms with E-state index in [9.17, 15) is 35.2 Å². The Morgan fingerprint density at radius 2 is 1.75 bits per heavy atom. The van der Waals surface area contributed by atoms with Gasteiger partial charge in [0.25, 0.3) is 0 Å². The van der Waals surface area contributed by atoms with E-state index in [-0.39, 0.29) is 42.3 Å². The van der Waals surface area contributed by atoms with Crippen molar-refractivity contribution in [3.8, 4) is 5.75 Å². The number of piperidine rings is 1. The largest absolute Gasteiger partial charge is 0.495 e. The topological polar surface area (TPSA) is 75.7 Å². The summed E-state index contributed by atoms with van der Waals surface area (Å²) in [6.45, 7) is -0.116. The lowest BCUT2D eigenvalue weighted by Gasteiger charge is -2.31. The molecule has 1 fully saturated rings. The number of anilines is 1. The number of alkyl halides is 3. The zero-order valence-electron chi connectivity index (χ0n) is 16.7. The molecule has 0 spiro atoms. The van der Waals surface area contributed by atoms with Crippen molar-refractivity contribution in [3.05, 3.63) is 53.6 Å². The van der Waals surface area contributed by atoms with Crippen molar-refractivity contribution in [3.63, 3.8) is 0 Å². The zero-order valence-corrected chi connectivity index (χ0v) is 17.6. The van der Waals surface area contributed by atoms with Gasteiger partial charge in [-0.3, -0.25) is 4.79 Å².